The van der Waals surface area contributed by atoms with Gasteiger partial charge >= 0.3 is 0 Å². The molecular formula is C26H27FN2O4. The van der Waals surface area contributed by atoms with Crippen molar-refractivity contribution in [2.75, 3.05) is 25.0 Å². The normalized spacial score (nSPS) is 15.4. The number of furan rings is 1. The quantitative estimate of drug-likeness (QED) is 0.552. The van der Waals surface area contributed by atoms with E-state index in [1.807, 2.05) is 32.0 Å². The lowest BCUT2D eigenvalue weighted by molar-refractivity contribution is -0.117. The monoisotopic (exact) mass is 450 g/mol. The number of benzene rings is 2. The Bertz CT molecular complexity index is 1130. The molecule has 2 heterocycles. The second-order valence-electron chi connectivity index (χ2n) is 8.29. The van der Waals surface area contributed by atoms with E-state index < -0.39 is 5.91 Å². The molecule has 3 aromatic rings. The van der Waals surface area contributed by atoms with Gasteiger partial charge in [-0.05, 0) is 80.3 Å². The summed E-state index contributed by atoms with van der Waals surface area (Å²) >= 11 is 0. The van der Waals surface area contributed by atoms with Crippen LogP contribution < -0.4 is 5.32 Å². The van der Waals surface area contributed by atoms with Crippen molar-refractivity contribution in [1.82, 2.24) is 4.90 Å². The van der Waals surface area contributed by atoms with Crippen LogP contribution in [0.1, 0.15) is 34.5 Å². The molecule has 172 valence electrons. The molecule has 1 fully saturated rings. The van der Waals surface area contributed by atoms with Crippen molar-refractivity contribution in [2.24, 2.45) is 0 Å². The summed E-state index contributed by atoms with van der Waals surface area (Å²) in [6.07, 6.45) is 1.65. The van der Waals surface area contributed by atoms with Gasteiger partial charge in [0.1, 0.15) is 18.1 Å². The van der Waals surface area contributed by atoms with Crippen LogP contribution in [0.15, 0.2) is 59.0 Å². The van der Waals surface area contributed by atoms with Gasteiger partial charge in [0.2, 0.25) is 5.91 Å². The smallest absolute Gasteiger partial charge is 0.290 e. The Kier molecular flexibility index (Phi) is 6.89. The van der Waals surface area contributed by atoms with Crippen LogP contribution in [0.4, 0.5) is 10.1 Å². The number of anilines is 1. The summed E-state index contributed by atoms with van der Waals surface area (Å²) in [6, 6.07) is 14.8. The number of nitrogens with one attached hydrogen (secondary N) is 1. The molecular weight excluding hydrogens is 423 g/mol. The standard InChI is InChI=1S/C26H27FN2O4/c1-17-5-3-7-22(18(17)2)28-25(30)16-29(15-21-6-4-14-32-21)26(31)24-13-12-23(33-24)19-8-10-20(27)11-9-19/h3,5,7-13,21H,4,6,14-16H2,1-2H3,(H,28,30)/t21-/m0/s1. The summed E-state index contributed by atoms with van der Waals surface area (Å²) in [5.74, 6) is -0.461. The molecule has 6 nitrogen and oxygen atoms in total. The van der Waals surface area contributed by atoms with Gasteiger partial charge in [-0.2, -0.15) is 0 Å². The van der Waals surface area contributed by atoms with E-state index in [1.54, 1.807) is 24.3 Å². The Morgan fingerprint density at radius 3 is 2.61 bits per heavy atom. The average molecular weight is 451 g/mol. The van der Waals surface area contributed by atoms with Gasteiger partial charge in [-0.15, -0.1) is 0 Å². The van der Waals surface area contributed by atoms with Gasteiger partial charge in [0.25, 0.3) is 5.91 Å². The first-order chi connectivity index (χ1) is 15.9. The van der Waals surface area contributed by atoms with Gasteiger partial charge < -0.3 is 19.4 Å². The molecule has 1 N–H and O–H groups in total. The lowest BCUT2D eigenvalue weighted by Gasteiger charge is -2.24. The molecule has 7 heteroatoms. The lowest BCUT2D eigenvalue weighted by Crippen LogP contribution is -2.42. The number of hydrogen-bond donors (Lipinski definition) is 1. The number of rotatable bonds is 7. The van der Waals surface area contributed by atoms with Crippen molar-refractivity contribution in [3.8, 4) is 11.3 Å². The fraction of sp³-hybridized carbons (Fsp3) is 0.308. The van der Waals surface area contributed by atoms with E-state index in [2.05, 4.69) is 5.32 Å². The molecule has 2 amide bonds. The van der Waals surface area contributed by atoms with Crippen LogP contribution in [0.2, 0.25) is 0 Å². The number of amides is 2. The van der Waals surface area contributed by atoms with Crippen LogP contribution in [-0.4, -0.2) is 42.5 Å². The molecule has 4 rings (SSSR count). The van der Waals surface area contributed by atoms with E-state index >= 15 is 0 Å². The van der Waals surface area contributed by atoms with Crippen LogP contribution in [0, 0.1) is 19.7 Å². The number of carbonyl (C=O) groups is 2. The van der Waals surface area contributed by atoms with Crippen LogP contribution in [-0.2, 0) is 9.53 Å². The fourth-order valence-corrected chi connectivity index (χ4v) is 3.88. The first-order valence-electron chi connectivity index (χ1n) is 11.0. The third-order valence-corrected chi connectivity index (χ3v) is 5.89. The summed E-state index contributed by atoms with van der Waals surface area (Å²) in [4.78, 5) is 27.6. The number of ether oxygens (including phenoxy) is 1. The molecule has 0 spiro atoms. The van der Waals surface area contributed by atoms with E-state index in [9.17, 15) is 14.0 Å². The zero-order chi connectivity index (χ0) is 23.4. The molecule has 1 aliphatic heterocycles. The second-order valence-corrected chi connectivity index (χ2v) is 8.29. The van der Waals surface area contributed by atoms with E-state index in [-0.39, 0.29) is 30.1 Å². The van der Waals surface area contributed by atoms with E-state index in [0.717, 1.165) is 29.7 Å². The molecule has 0 aliphatic carbocycles. The predicted molar refractivity (Wildman–Crippen MR) is 124 cm³/mol. The second kappa shape index (κ2) is 10.0. The van der Waals surface area contributed by atoms with E-state index in [4.69, 9.17) is 9.15 Å². The first-order valence-corrected chi connectivity index (χ1v) is 11.0. The van der Waals surface area contributed by atoms with Crippen LogP contribution >= 0.6 is 0 Å². The zero-order valence-electron chi connectivity index (χ0n) is 18.8. The molecule has 0 saturated carbocycles. The van der Waals surface area contributed by atoms with Crippen molar-refractivity contribution in [2.45, 2.75) is 32.8 Å². The number of carbonyl (C=O) groups excluding carboxylic acids is 2. The van der Waals surface area contributed by atoms with Gasteiger partial charge in [-0.1, -0.05) is 12.1 Å². The highest BCUT2D eigenvalue weighted by Crippen LogP contribution is 2.24. The van der Waals surface area contributed by atoms with Crippen molar-refractivity contribution >= 4 is 17.5 Å². The minimum Gasteiger partial charge on any atom is -0.451 e. The van der Waals surface area contributed by atoms with Gasteiger partial charge in [-0.25, -0.2) is 4.39 Å². The zero-order valence-corrected chi connectivity index (χ0v) is 18.8. The summed E-state index contributed by atoms with van der Waals surface area (Å²) in [7, 11) is 0. The number of aryl methyl sites for hydroxylation is 1. The van der Waals surface area contributed by atoms with Gasteiger partial charge in [0.05, 0.1) is 6.10 Å². The maximum absolute atomic E-state index is 13.3. The first kappa shape index (κ1) is 22.7. The molecule has 1 aromatic heterocycles. The third kappa shape index (κ3) is 5.49. The molecule has 33 heavy (non-hydrogen) atoms. The van der Waals surface area contributed by atoms with Crippen LogP contribution in [0.25, 0.3) is 11.3 Å². The van der Waals surface area contributed by atoms with Crippen molar-refractivity contribution in [1.29, 1.82) is 0 Å². The van der Waals surface area contributed by atoms with Crippen LogP contribution in [0.5, 0.6) is 0 Å². The van der Waals surface area contributed by atoms with Crippen molar-refractivity contribution in [3.63, 3.8) is 0 Å². The fourth-order valence-electron chi connectivity index (χ4n) is 3.88. The lowest BCUT2D eigenvalue weighted by atomic mass is 10.1. The Balaban J connectivity index is 1.51. The Hall–Kier alpha value is -3.45. The third-order valence-electron chi connectivity index (χ3n) is 5.89. The minimum absolute atomic E-state index is 0.117. The van der Waals surface area contributed by atoms with Gasteiger partial charge in [0.15, 0.2) is 5.76 Å². The molecule has 0 radical (unpaired) electrons. The predicted octanol–water partition coefficient (Wildman–Crippen LogP) is 4.96. The highest BCUT2D eigenvalue weighted by atomic mass is 19.1. The SMILES string of the molecule is Cc1cccc(NC(=O)CN(C[C@@H]2CCCO2)C(=O)c2ccc(-c3ccc(F)cc3)o2)c1C. The summed E-state index contributed by atoms with van der Waals surface area (Å²) in [5, 5.41) is 2.91. The maximum atomic E-state index is 13.3. The Morgan fingerprint density at radius 1 is 1.09 bits per heavy atom. The van der Waals surface area contributed by atoms with Gasteiger partial charge in [0, 0.05) is 24.4 Å². The number of nitrogens with zero attached hydrogens (tertiary/aromatic N) is 1. The molecule has 1 aliphatic rings. The van der Waals surface area contributed by atoms with Gasteiger partial charge in [-0.3, -0.25) is 9.59 Å². The molecule has 1 saturated heterocycles. The number of halogens is 1. The minimum atomic E-state index is -0.394. The Labute approximate surface area is 192 Å². The Morgan fingerprint density at radius 2 is 1.88 bits per heavy atom. The molecule has 0 unspecified atom stereocenters. The highest BCUT2D eigenvalue weighted by molar-refractivity contribution is 5.98. The average Bonchev–Trinajstić information content (AvgIpc) is 3.49. The molecule has 0 bridgehead atoms. The van der Waals surface area contributed by atoms with Crippen molar-refractivity contribution < 1.29 is 23.1 Å². The maximum Gasteiger partial charge on any atom is 0.290 e. The number of hydrogen-bond acceptors (Lipinski definition) is 4. The highest BCUT2D eigenvalue weighted by Gasteiger charge is 2.27. The molecule has 2 aromatic carbocycles. The van der Waals surface area contributed by atoms with Crippen LogP contribution in [0.3, 0.4) is 0 Å². The van der Waals surface area contributed by atoms with Crippen molar-refractivity contribution in [3.05, 3.63) is 77.3 Å². The molecule has 1 atom stereocenters. The topological polar surface area (TPSA) is 71.8 Å². The summed E-state index contributed by atoms with van der Waals surface area (Å²) in [6.45, 7) is 4.75. The van der Waals surface area contributed by atoms with E-state index in [1.165, 1.54) is 17.0 Å². The summed E-state index contributed by atoms with van der Waals surface area (Å²) < 4.78 is 24.7. The summed E-state index contributed by atoms with van der Waals surface area (Å²) in [5.41, 5.74) is 3.44. The van der Waals surface area contributed by atoms with E-state index in [0.29, 0.717) is 24.5 Å². The largest absolute Gasteiger partial charge is 0.451 e.